The van der Waals surface area contributed by atoms with Gasteiger partial charge in [-0.05, 0) is 38.7 Å². The molecular formula is C15H18N8OS. The Labute approximate surface area is 147 Å². The van der Waals surface area contributed by atoms with Crippen molar-refractivity contribution in [3.05, 3.63) is 40.1 Å². The number of rotatable bonds is 4. The summed E-state index contributed by atoms with van der Waals surface area (Å²) in [5.74, 6) is 0.599. The van der Waals surface area contributed by atoms with E-state index < -0.39 is 0 Å². The van der Waals surface area contributed by atoms with Gasteiger partial charge in [0.1, 0.15) is 17.7 Å². The highest BCUT2D eigenvalue weighted by atomic mass is 32.1. The molecule has 10 heteroatoms. The molecule has 0 unspecified atom stereocenters. The first kappa shape index (κ1) is 15.9. The Kier molecular flexibility index (Phi) is 4.26. The zero-order chi connectivity index (χ0) is 17.2. The van der Waals surface area contributed by atoms with Crippen LogP contribution in [0.5, 0.6) is 0 Å². The Hall–Kier alpha value is -2.62. The van der Waals surface area contributed by atoms with Gasteiger partial charge in [-0.25, -0.2) is 14.3 Å². The molecule has 1 aliphatic carbocycles. The van der Waals surface area contributed by atoms with Gasteiger partial charge in [-0.2, -0.15) is 5.10 Å². The first-order chi connectivity index (χ1) is 12.2. The van der Waals surface area contributed by atoms with Crippen molar-refractivity contribution in [2.45, 2.75) is 44.7 Å². The Morgan fingerprint density at radius 3 is 2.72 bits per heavy atom. The SMILES string of the molecule is Cc1nnc(NC2CCC(n3nc(-n4cncn4)ccc3=O)CC2)s1. The molecule has 9 nitrogen and oxygen atoms in total. The van der Waals surface area contributed by atoms with Crippen molar-refractivity contribution < 1.29 is 0 Å². The molecule has 0 saturated heterocycles. The van der Waals surface area contributed by atoms with Crippen LogP contribution in [-0.2, 0) is 0 Å². The van der Waals surface area contributed by atoms with Crippen LogP contribution in [-0.4, -0.2) is 40.8 Å². The molecule has 1 saturated carbocycles. The summed E-state index contributed by atoms with van der Waals surface area (Å²) in [7, 11) is 0. The fourth-order valence-electron chi connectivity index (χ4n) is 3.12. The number of anilines is 1. The molecule has 130 valence electrons. The zero-order valence-electron chi connectivity index (χ0n) is 13.7. The molecule has 3 heterocycles. The highest BCUT2D eigenvalue weighted by Crippen LogP contribution is 2.29. The topological polar surface area (TPSA) is 103 Å². The van der Waals surface area contributed by atoms with E-state index >= 15 is 0 Å². The molecule has 0 radical (unpaired) electrons. The van der Waals surface area contributed by atoms with Gasteiger partial charge in [-0.15, -0.1) is 15.3 Å². The summed E-state index contributed by atoms with van der Waals surface area (Å²) in [6.45, 7) is 1.94. The van der Waals surface area contributed by atoms with E-state index in [9.17, 15) is 4.79 Å². The lowest BCUT2D eigenvalue weighted by molar-refractivity contribution is 0.303. The van der Waals surface area contributed by atoms with E-state index in [4.69, 9.17) is 0 Å². The van der Waals surface area contributed by atoms with Crippen LogP contribution < -0.4 is 10.9 Å². The third kappa shape index (κ3) is 3.43. The van der Waals surface area contributed by atoms with Gasteiger partial charge >= 0.3 is 0 Å². The average molecular weight is 358 g/mol. The summed E-state index contributed by atoms with van der Waals surface area (Å²) >= 11 is 1.56. The fraction of sp³-hybridized carbons (Fsp3) is 0.467. The minimum Gasteiger partial charge on any atom is -0.357 e. The summed E-state index contributed by atoms with van der Waals surface area (Å²) in [6.07, 6.45) is 6.73. The van der Waals surface area contributed by atoms with Gasteiger partial charge in [0.2, 0.25) is 5.13 Å². The van der Waals surface area contributed by atoms with Crippen molar-refractivity contribution >= 4 is 16.5 Å². The highest BCUT2D eigenvalue weighted by Gasteiger charge is 2.24. The maximum absolute atomic E-state index is 12.2. The van der Waals surface area contributed by atoms with Gasteiger partial charge in [-0.3, -0.25) is 4.79 Å². The van der Waals surface area contributed by atoms with Crippen LogP contribution in [0.4, 0.5) is 5.13 Å². The first-order valence-electron chi connectivity index (χ1n) is 8.20. The lowest BCUT2D eigenvalue weighted by Gasteiger charge is -2.29. The molecule has 0 aliphatic heterocycles. The highest BCUT2D eigenvalue weighted by molar-refractivity contribution is 7.15. The number of hydrogen-bond donors (Lipinski definition) is 1. The number of aryl methyl sites for hydroxylation is 1. The van der Waals surface area contributed by atoms with Crippen LogP contribution in [0.1, 0.15) is 36.7 Å². The van der Waals surface area contributed by atoms with Gasteiger partial charge in [0.15, 0.2) is 5.82 Å². The molecule has 0 atom stereocenters. The van der Waals surface area contributed by atoms with Gasteiger partial charge in [0, 0.05) is 12.1 Å². The maximum Gasteiger partial charge on any atom is 0.267 e. The van der Waals surface area contributed by atoms with Crippen molar-refractivity contribution in [3.8, 4) is 5.82 Å². The van der Waals surface area contributed by atoms with E-state index in [0.717, 1.165) is 35.8 Å². The second kappa shape index (κ2) is 6.71. The van der Waals surface area contributed by atoms with E-state index in [1.54, 1.807) is 39.2 Å². The number of nitrogens with one attached hydrogen (secondary N) is 1. The summed E-state index contributed by atoms with van der Waals surface area (Å²) < 4.78 is 3.14. The molecule has 1 aliphatic rings. The molecule has 25 heavy (non-hydrogen) atoms. The van der Waals surface area contributed by atoms with E-state index in [1.807, 2.05) is 6.92 Å². The smallest absolute Gasteiger partial charge is 0.267 e. The third-order valence-electron chi connectivity index (χ3n) is 4.36. The van der Waals surface area contributed by atoms with Crippen molar-refractivity contribution in [2.24, 2.45) is 0 Å². The van der Waals surface area contributed by atoms with Crippen molar-refractivity contribution in [1.82, 2.24) is 34.7 Å². The monoisotopic (exact) mass is 358 g/mol. The molecule has 0 amide bonds. The summed E-state index contributed by atoms with van der Waals surface area (Å²) in [6, 6.07) is 3.67. The first-order valence-corrected chi connectivity index (χ1v) is 9.02. The van der Waals surface area contributed by atoms with E-state index in [1.165, 1.54) is 6.33 Å². The Morgan fingerprint density at radius 1 is 1.20 bits per heavy atom. The molecule has 3 aromatic heterocycles. The van der Waals surface area contributed by atoms with E-state index in [2.05, 4.69) is 30.7 Å². The zero-order valence-corrected chi connectivity index (χ0v) is 14.6. The third-order valence-corrected chi connectivity index (χ3v) is 5.13. The predicted molar refractivity (Wildman–Crippen MR) is 93.0 cm³/mol. The predicted octanol–water partition coefficient (Wildman–Crippen LogP) is 1.58. The van der Waals surface area contributed by atoms with Crippen LogP contribution in [0, 0.1) is 6.92 Å². The normalized spacial score (nSPS) is 20.5. The lowest BCUT2D eigenvalue weighted by Crippen LogP contribution is -2.33. The average Bonchev–Trinajstić information content (AvgIpc) is 3.28. The standard InChI is InChI=1S/C15H18N8OS/c1-10-19-20-15(25-10)18-11-2-4-12(5-3-11)23-14(24)7-6-13(21-23)22-9-16-8-17-22/h6-9,11-12H,2-5H2,1H3,(H,18,20). The molecule has 0 spiro atoms. The second-order valence-electron chi connectivity index (χ2n) is 6.09. The molecule has 0 bridgehead atoms. The van der Waals surface area contributed by atoms with Gasteiger partial charge in [0.25, 0.3) is 5.56 Å². The quantitative estimate of drug-likeness (QED) is 0.755. The Morgan fingerprint density at radius 2 is 2.04 bits per heavy atom. The Balaban J connectivity index is 1.45. The lowest BCUT2D eigenvalue weighted by atomic mass is 9.91. The van der Waals surface area contributed by atoms with Crippen LogP contribution in [0.15, 0.2) is 29.6 Å². The molecular weight excluding hydrogens is 340 g/mol. The minimum absolute atomic E-state index is 0.0833. The molecule has 3 aromatic rings. The van der Waals surface area contributed by atoms with Crippen LogP contribution in [0.25, 0.3) is 5.82 Å². The van der Waals surface area contributed by atoms with Crippen LogP contribution in [0.3, 0.4) is 0 Å². The number of aromatic nitrogens is 7. The summed E-state index contributed by atoms with van der Waals surface area (Å²) in [4.78, 5) is 16.2. The van der Waals surface area contributed by atoms with Crippen LogP contribution in [0.2, 0.25) is 0 Å². The fourth-order valence-corrected chi connectivity index (χ4v) is 3.79. The van der Waals surface area contributed by atoms with Crippen LogP contribution >= 0.6 is 11.3 Å². The maximum atomic E-state index is 12.2. The van der Waals surface area contributed by atoms with Gasteiger partial charge < -0.3 is 5.32 Å². The summed E-state index contributed by atoms with van der Waals surface area (Å²) in [5.41, 5.74) is -0.0833. The largest absolute Gasteiger partial charge is 0.357 e. The van der Waals surface area contributed by atoms with Gasteiger partial charge in [-0.1, -0.05) is 11.3 Å². The number of nitrogens with zero attached hydrogens (tertiary/aromatic N) is 7. The van der Waals surface area contributed by atoms with E-state index in [-0.39, 0.29) is 11.6 Å². The summed E-state index contributed by atoms with van der Waals surface area (Å²) in [5, 5.41) is 21.9. The molecule has 1 N–H and O–H groups in total. The van der Waals surface area contributed by atoms with Gasteiger partial charge in [0.05, 0.1) is 6.04 Å². The van der Waals surface area contributed by atoms with Crippen molar-refractivity contribution in [3.63, 3.8) is 0 Å². The van der Waals surface area contributed by atoms with Crippen molar-refractivity contribution in [2.75, 3.05) is 5.32 Å². The molecule has 0 aromatic carbocycles. The molecule has 4 rings (SSSR count). The Bertz CT molecular complexity index is 894. The number of hydrogen-bond acceptors (Lipinski definition) is 8. The van der Waals surface area contributed by atoms with E-state index in [0.29, 0.717) is 11.9 Å². The van der Waals surface area contributed by atoms with Crippen molar-refractivity contribution in [1.29, 1.82) is 0 Å². The molecule has 1 fully saturated rings. The second-order valence-corrected chi connectivity index (χ2v) is 7.27. The minimum atomic E-state index is -0.0833.